The molecule has 2 aromatic rings. The molecule has 0 spiro atoms. The number of carbonyl (C=O) groups is 1. The maximum atomic E-state index is 12.9. The minimum atomic E-state index is -0.0879. The van der Waals surface area contributed by atoms with E-state index in [2.05, 4.69) is 39.2 Å². The minimum absolute atomic E-state index is 0. The number of H-pyrrole nitrogens is 1. The summed E-state index contributed by atoms with van der Waals surface area (Å²) in [5, 5.41) is 10.0. The van der Waals surface area contributed by atoms with Gasteiger partial charge in [-0.3, -0.25) is 14.8 Å². The van der Waals surface area contributed by atoms with Crippen LogP contribution >= 0.6 is 24.8 Å². The predicted molar refractivity (Wildman–Crippen MR) is 117 cm³/mol. The third-order valence-electron chi connectivity index (χ3n) is 4.82. The van der Waals surface area contributed by atoms with Crippen LogP contribution in [0.3, 0.4) is 0 Å². The monoisotopic (exact) mass is 428 g/mol. The minimum Gasteiger partial charge on any atom is -0.325 e. The van der Waals surface area contributed by atoms with Gasteiger partial charge in [-0.25, -0.2) is 4.98 Å². The maximum Gasteiger partial charge on any atom is 0.241 e. The summed E-state index contributed by atoms with van der Waals surface area (Å²) in [6, 6.07) is 7.50. The van der Waals surface area contributed by atoms with Gasteiger partial charge in [0.25, 0.3) is 0 Å². The van der Waals surface area contributed by atoms with E-state index in [1.807, 2.05) is 24.3 Å². The fourth-order valence-electron chi connectivity index (χ4n) is 3.52. The normalized spacial score (nSPS) is 15.4. The van der Waals surface area contributed by atoms with Crippen LogP contribution in [-0.2, 0) is 11.3 Å². The van der Waals surface area contributed by atoms with E-state index in [1.165, 1.54) is 19.3 Å². The smallest absolute Gasteiger partial charge is 0.241 e. The average Bonchev–Trinajstić information content (AvgIpc) is 3.12. The Labute approximate surface area is 178 Å². The van der Waals surface area contributed by atoms with Gasteiger partial charge in [-0.05, 0) is 56.1 Å². The van der Waals surface area contributed by atoms with Gasteiger partial charge in [0.2, 0.25) is 5.91 Å². The van der Waals surface area contributed by atoms with Crippen LogP contribution in [0.25, 0.3) is 11.4 Å². The number of aromatic nitrogens is 3. The number of hydrogen-bond acceptors (Lipinski definition) is 5. The van der Waals surface area contributed by atoms with Crippen LogP contribution in [-0.4, -0.2) is 45.1 Å². The van der Waals surface area contributed by atoms with E-state index in [0.717, 1.165) is 24.3 Å². The quantitative estimate of drug-likeness (QED) is 0.655. The summed E-state index contributed by atoms with van der Waals surface area (Å²) in [6.45, 7) is 6.56. The molecule has 1 saturated heterocycles. The zero-order valence-corrected chi connectivity index (χ0v) is 18.0. The number of nitrogens with one attached hydrogen (secondary N) is 2. The highest BCUT2D eigenvalue weighted by molar-refractivity contribution is 5.95. The third-order valence-corrected chi connectivity index (χ3v) is 4.82. The number of rotatable bonds is 6. The van der Waals surface area contributed by atoms with Crippen molar-refractivity contribution in [3.8, 4) is 11.4 Å². The number of likely N-dealkylation sites (tertiary alicyclic amines) is 1. The highest BCUT2D eigenvalue weighted by Gasteiger charge is 2.29. The molecular weight excluding hydrogens is 399 g/mol. The van der Waals surface area contributed by atoms with Crippen LogP contribution < -0.4 is 11.1 Å². The zero-order valence-electron chi connectivity index (χ0n) is 16.4. The lowest BCUT2D eigenvalue weighted by Gasteiger charge is -2.35. The Bertz CT molecular complexity index is 728. The van der Waals surface area contributed by atoms with Crippen molar-refractivity contribution in [1.29, 1.82) is 0 Å². The van der Waals surface area contributed by atoms with Gasteiger partial charge in [-0.15, -0.1) is 24.8 Å². The Kier molecular flexibility index (Phi) is 9.89. The van der Waals surface area contributed by atoms with Gasteiger partial charge < -0.3 is 11.1 Å². The maximum absolute atomic E-state index is 12.9. The van der Waals surface area contributed by atoms with E-state index < -0.39 is 0 Å². The van der Waals surface area contributed by atoms with Crippen molar-refractivity contribution in [2.45, 2.75) is 45.7 Å². The van der Waals surface area contributed by atoms with Gasteiger partial charge in [-0.2, -0.15) is 5.10 Å². The van der Waals surface area contributed by atoms with E-state index in [9.17, 15) is 4.79 Å². The second kappa shape index (κ2) is 11.4. The van der Waals surface area contributed by atoms with Crippen LogP contribution in [0.15, 0.2) is 24.3 Å². The Hall–Kier alpha value is -1.67. The van der Waals surface area contributed by atoms with E-state index in [-0.39, 0.29) is 42.7 Å². The molecule has 28 heavy (non-hydrogen) atoms. The number of amides is 1. The van der Waals surface area contributed by atoms with Gasteiger partial charge in [0.1, 0.15) is 5.82 Å². The standard InChI is InChI=1S/C19H28N6O.2ClH/c1-13(2)17(25-10-4-3-5-11-25)19(26)21-15-8-6-14(7-9-15)18-22-16(12-20)23-24-18;;/h6-9,13,17H,3-5,10-12,20H2,1-2H3,(H,21,26)(H,22,23,24);2*1H. The van der Waals surface area contributed by atoms with Gasteiger partial charge in [0, 0.05) is 11.3 Å². The molecule has 1 aromatic heterocycles. The lowest BCUT2D eigenvalue weighted by atomic mass is 9.98. The van der Waals surface area contributed by atoms with E-state index >= 15 is 0 Å². The van der Waals surface area contributed by atoms with Crippen LogP contribution in [0.2, 0.25) is 0 Å². The van der Waals surface area contributed by atoms with Crippen molar-refractivity contribution < 1.29 is 4.79 Å². The number of hydrogen-bond donors (Lipinski definition) is 3. The van der Waals surface area contributed by atoms with E-state index in [1.54, 1.807) is 0 Å². The van der Waals surface area contributed by atoms with Crippen LogP contribution in [0, 0.1) is 5.92 Å². The van der Waals surface area contributed by atoms with Crippen molar-refractivity contribution in [3.63, 3.8) is 0 Å². The molecule has 1 amide bonds. The number of benzene rings is 1. The van der Waals surface area contributed by atoms with E-state index in [0.29, 0.717) is 18.2 Å². The topological polar surface area (TPSA) is 99.9 Å². The Morgan fingerprint density at radius 2 is 1.82 bits per heavy atom. The lowest BCUT2D eigenvalue weighted by Crippen LogP contribution is -2.49. The molecule has 1 aliphatic rings. The van der Waals surface area contributed by atoms with Gasteiger partial charge in [-0.1, -0.05) is 20.3 Å². The van der Waals surface area contributed by atoms with Crippen molar-refractivity contribution in [2.75, 3.05) is 18.4 Å². The number of nitrogens with zero attached hydrogens (tertiary/aromatic N) is 3. The first kappa shape index (κ1) is 24.4. The summed E-state index contributed by atoms with van der Waals surface area (Å²) in [4.78, 5) is 19.5. The summed E-state index contributed by atoms with van der Waals surface area (Å²) in [5.41, 5.74) is 7.22. The number of aromatic amines is 1. The average molecular weight is 429 g/mol. The molecule has 9 heteroatoms. The molecule has 1 fully saturated rings. The molecule has 3 rings (SSSR count). The molecule has 7 nitrogen and oxygen atoms in total. The highest BCUT2D eigenvalue weighted by atomic mass is 35.5. The first-order valence-corrected chi connectivity index (χ1v) is 9.35. The van der Waals surface area contributed by atoms with Crippen LogP contribution in [0.5, 0.6) is 0 Å². The number of halogens is 2. The van der Waals surface area contributed by atoms with Crippen molar-refractivity contribution in [2.24, 2.45) is 11.7 Å². The molecule has 156 valence electrons. The molecule has 2 heterocycles. The highest BCUT2D eigenvalue weighted by Crippen LogP contribution is 2.21. The van der Waals surface area contributed by atoms with Crippen molar-refractivity contribution >= 4 is 36.4 Å². The summed E-state index contributed by atoms with van der Waals surface area (Å²) in [6.07, 6.45) is 3.61. The molecule has 0 aliphatic carbocycles. The van der Waals surface area contributed by atoms with Crippen LogP contribution in [0.4, 0.5) is 5.69 Å². The Morgan fingerprint density at radius 1 is 1.18 bits per heavy atom. The largest absolute Gasteiger partial charge is 0.325 e. The second-order valence-corrected chi connectivity index (χ2v) is 7.16. The second-order valence-electron chi connectivity index (χ2n) is 7.16. The van der Waals surface area contributed by atoms with E-state index in [4.69, 9.17) is 5.73 Å². The molecule has 0 bridgehead atoms. The molecule has 1 aliphatic heterocycles. The number of nitrogens with two attached hydrogens (primary N) is 1. The summed E-state index contributed by atoms with van der Waals surface area (Å²) in [5.74, 6) is 1.60. The lowest BCUT2D eigenvalue weighted by molar-refractivity contribution is -0.123. The fraction of sp³-hybridized carbons (Fsp3) is 0.526. The van der Waals surface area contributed by atoms with Crippen molar-refractivity contribution in [3.05, 3.63) is 30.1 Å². The fourth-order valence-corrected chi connectivity index (χ4v) is 3.52. The first-order valence-electron chi connectivity index (χ1n) is 9.35. The molecule has 1 aromatic carbocycles. The van der Waals surface area contributed by atoms with Gasteiger partial charge >= 0.3 is 0 Å². The van der Waals surface area contributed by atoms with Crippen LogP contribution in [0.1, 0.15) is 38.9 Å². The number of carbonyl (C=O) groups excluding carboxylic acids is 1. The molecule has 0 radical (unpaired) electrons. The van der Waals surface area contributed by atoms with Gasteiger partial charge in [0.15, 0.2) is 5.82 Å². The molecule has 0 saturated carbocycles. The van der Waals surface area contributed by atoms with Gasteiger partial charge in [0.05, 0.1) is 12.6 Å². The molecule has 4 N–H and O–H groups in total. The number of anilines is 1. The summed E-state index contributed by atoms with van der Waals surface area (Å²) in [7, 11) is 0. The molecular formula is C19H30Cl2N6O. The SMILES string of the molecule is CC(C)C(C(=O)Nc1ccc(-c2n[nH]c(CN)n2)cc1)N1CCCCC1.Cl.Cl. The number of piperidine rings is 1. The third kappa shape index (κ3) is 5.91. The molecule has 1 unspecified atom stereocenters. The molecule has 1 atom stereocenters. The Balaban J connectivity index is 0.00000196. The zero-order chi connectivity index (χ0) is 18.5. The first-order chi connectivity index (χ1) is 12.6. The Morgan fingerprint density at radius 3 is 2.36 bits per heavy atom. The summed E-state index contributed by atoms with van der Waals surface area (Å²) < 4.78 is 0. The predicted octanol–water partition coefficient (Wildman–Crippen LogP) is 3.22. The van der Waals surface area contributed by atoms with Crippen molar-refractivity contribution in [1.82, 2.24) is 20.1 Å². The summed E-state index contributed by atoms with van der Waals surface area (Å²) >= 11 is 0.